The van der Waals surface area contributed by atoms with Crippen LogP contribution in [0.2, 0.25) is 6.82 Å². The Hall–Kier alpha value is -2.47. The fourth-order valence-corrected chi connectivity index (χ4v) is 2.41. The van der Waals surface area contributed by atoms with Gasteiger partial charge in [-0.15, -0.1) is 0 Å². The molecule has 2 rings (SSSR count). The highest BCUT2D eigenvalue weighted by atomic mass is 16.5. The van der Waals surface area contributed by atoms with Gasteiger partial charge in [-0.2, -0.15) is 0 Å². The number of aliphatic hydroxyl groups is 1. The molecule has 0 bridgehead atoms. The van der Waals surface area contributed by atoms with Crippen molar-refractivity contribution < 1.29 is 24.1 Å². The zero-order valence-electron chi connectivity index (χ0n) is 14.7. The quantitative estimate of drug-likeness (QED) is 0.590. The van der Waals surface area contributed by atoms with Crippen LogP contribution in [0.4, 0.5) is 0 Å². The van der Waals surface area contributed by atoms with Crippen LogP contribution in [0, 0.1) is 0 Å². The lowest BCUT2D eigenvalue weighted by Gasteiger charge is -2.15. The number of ether oxygens (including phenoxy) is 3. The van der Waals surface area contributed by atoms with E-state index in [0.717, 1.165) is 11.0 Å². The zero-order valence-corrected chi connectivity index (χ0v) is 14.7. The predicted octanol–water partition coefficient (Wildman–Crippen LogP) is 2.46. The molecule has 0 unspecified atom stereocenters. The topological polar surface area (TPSA) is 65.0 Å². The van der Waals surface area contributed by atoms with Gasteiger partial charge in [-0.25, -0.2) is 0 Å². The van der Waals surface area contributed by atoms with Gasteiger partial charge in [0.15, 0.2) is 11.5 Å². The number of esters is 1. The van der Waals surface area contributed by atoms with Gasteiger partial charge < -0.3 is 19.3 Å². The second-order valence-electron chi connectivity index (χ2n) is 5.38. The fraction of sp³-hybridized carbons (Fsp3) is 0.316. The number of benzene rings is 2. The average Bonchev–Trinajstić information content (AvgIpc) is 2.62. The summed E-state index contributed by atoms with van der Waals surface area (Å²) in [6, 6.07) is 10.9. The Kier molecular flexibility index (Phi) is 6.89. The van der Waals surface area contributed by atoms with Crippen molar-refractivity contribution in [2.45, 2.75) is 26.8 Å². The summed E-state index contributed by atoms with van der Waals surface area (Å²) >= 11 is 0. The highest BCUT2D eigenvalue weighted by molar-refractivity contribution is 6.51. The number of methoxy groups -OCH3 is 1. The maximum Gasteiger partial charge on any atom is 0.310 e. The normalized spacial score (nSPS) is 10.2. The van der Waals surface area contributed by atoms with Crippen LogP contribution in [0.25, 0.3) is 0 Å². The smallest absolute Gasteiger partial charge is 0.310 e. The first-order valence-electron chi connectivity index (χ1n) is 8.14. The van der Waals surface area contributed by atoms with E-state index in [-0.39, 0.29) is 19.0 Å². The van der Waals surface area contributed by atoms with Gasteiger partial charge >= 0.3 is 5.97 Å². The van der Waals surface area contributed by atoms with Crippen molar-refractivity contribution in [3.63, 3.8) is 0 Å². The Labute approximate surface area is 148 Å². The molecule has 131 valence electrons. The molecule has 0 aliphatic rings. The summed E-state index contributed by atoms with van der Waals surface area (Å²) in [6.07, 6.45) is 0.158. The van der Waals surface area contributed by atoms with Crippen molar-refractivity contribution >= 4 is 18.7 Å². The predicted molar refractivity (Wildman–Crippen MR) is 97.0 cm³/mol. The number of hydrogen-bond acceptors (Lipinski definition) is 5. The molecular formula is C19H22BO5. The minimum Gasteiger partial charge on any atom is -0.493 e. The molecule has 0 saturated heterocycles. The van der Waals surface area contributed by atoms with Gasteiger partial charge in [0.05, 0.1) is 26.7 Å². The third-order valence-corrected chi connectivity index (χ3v) is 3.69. The Bertz CT molecular complexity index is 730. The molecule has 6 heteroatoms. The van der Waals surface area contributed by atoms with Gasteiger partial charge in [-0.05, 0) is 30.7 Å². The first-order chi connectivity index (χ1) is 12.1. The zero-order chi connectivity index (χ0) is 18.2. The Balaban J connectivity index is 2.29. The summed E-state index contributed by atoms with van der Waals surface area (Å²) in [5, 5.41) is 9.59. The summed E-state index contributed by atoms with van der Waals surface area (Å²) in [5.74, 6) is 1.27. The number of aliphatic hydroxyl groups excluding tert-OH is 1. The van der Waals surface area contributed by atoms with Crippen LogP contribution in [-0.2, 0) is 22.6 Å². The van der Waals surface area contributed by atoms with Crippen LogP contribution in [0.3, 0.4) is 0 Å². The maximum atomic E-state index is 11.7. The van der Waals surface area contributed by atoms with Crippen LogP contribution in [0.15, 0.2) is 36.4 Å². The molecule has 1 radical (unpaired) electrons. The first-order valence-corrected chi connectivity index (χ1v) is 8.14. The van der Waals surface area contributed by atoms with Crippen molar-refractivity contribution in [1.29, 1.82) is 0 Å². The van der Waals surface area contributed by atoms with Crippen molar-refractivity contribution in [1.82, 2.24) is 0 Å². The van der Waals surface area contributed by atoms with E-state index in [4.69, 9.17) is 14.2 Å². The van der Waals surface area contributed by atoms with Crippen molar-refractivity contribution in [2.24, 2.45) is 0 Å². The van der Waals surface area contributed by atoms with Crippen molar-refractivity contribution in [3.8, 4) is 17.2 Å². The summed E-state index contributed by atoms with van der Waals surface area (Å²) < 4.78 is 16.3. The SMILES string of the molecule is C[B]c1ccc(Oc2cc(CC(=O)OCC)ccc2OC)c(CO)c1. The number of hydrogen-bond donors (Lipinski definition) is 1. The van der Waals surface area contributed by atoms with Gasteiger partial charge in [0.1, 0.15) is 13.0 Å². The minimum atomic E-state index is -0.294. The lowest BCUT2D eigenvalue weighted by Crippen LogP contribution is -2.11. The second kappa shape index (κ2) is 9.13. The largest absolute Gasteiger partial charge is 0.493 e. The molecule has 0 aliphatic heterocycles. The Morgan fingerprint density at radius 1 is 1.12 bits per heavy atom. The standard InChI is InChI=1S/C19H22BO5/c1-4-24-19(22)10-13-5-7-17(23-3)18(9-13)25-16-8-6-15(20-2)11-14(16)12-21/h5-9,11,21H,4,10,12H2,1-3H3. The molecule has 1 N–H and O–H groups in total. The summed E-state index contributed by atoms with van der Waals surface area (Å²) in [7, 11) is 3.50. The Morgan fingerprint density at radius 3 is 2.52 bits per heavy atom. The highest BCUT2D eigenvalue weighted by Gasteiger charge is 2.12. The molecule has 0 aliphatic carbocycles. The van der Waals surface area contributed by atoms with Crippen molar-refractivity contribution in [3.05, 3.63) is 47.5 Å². The third kappa shape index (κ3) is 5.00. The van der Waals surface area contributed by atoms with Crippen LogP contribution < -0.4 is 14.9 Å². The second-order valence-corrected chi connectivity index (χ2v) is 5.38. The van der Waals surface area contributed by atoms with Crippen LogP contribution >= 0.6 is 0 Å². The van der Waals surface area contributed by atoms with E-state index in [0.29, 0.717) is 29.4 Å². The van der Waals surface area contributed by atoms with Gasteiger partial charge in [0.2, 0.25) is 0 Å². The van der Waals surface area contributed by atoms with Crippen LogP contribution in [-0.4, -0.2) is 32.1 Å². The van der Waals surface area contributed by atoms with E-state index in [9.17, 15) is 9.90 Å². The van der Waals surface area contributed by atoms with Gasteiger partial charge in [0.25, 0.3) is 0 Å². The molecule has 0 amide bonds. The van der Waals surface area contributed by atoms with Gasteiger partial charge in [0, 0.05) is 5.56 Å². The van der Waals surface area contributed by atoms with Crippen LogP contribution in [0.1, 0.15) is 18.1 Å². The molecule has 0 atom stereocenters. The molecule has 0 aromatic heterocycles. The number of rotatable bonds is 8. The van der Waals surface area contributed by atoms with E-state index in [1.54, 1.807) is 38.3 Å². The maximum absolute atomic E-state index is 11.7. The summed E-state index contributed by atoms with van der Waals surface area (Å²) in [5.41, 5.74) is 2.44. The molecule has 5 nitrogen and oxygen atoms in total. The highest BCUT2D eigenvalue weighted by Crippen LogP contribution is 2.34. The lowest BCUT2D eigenvalue weighted by molar-refractivity contribution is -0.142. The molecule has 2 aromatic carbocycles. The molecular weight excluding hydrogens is 319 g/mol. The number of carbonyl (C=O) groups is 1. The average molecular weight is 341 g/mol. The molecule has 0 saturated carbocycles. The molecule has 25 heavy (non-hydrogen) atoms. The van der Waals surface area contributed by atoms with E-state index >= 15 is 0 Å². The molecule has 0 fully saturated rings. The molecule has 0 spiro atoms. The monoisotopic (exact) mass is 341 g/mol. The van der Waals surface area contributed by atoms with E-state index in [2.05, 4.69) is 0 Å². The first kappa shape index (κ1) is 18.9. The van der Waals surface area contributed by atoms with E-state index in [1.807, 2.05) is 26.2 Å². The van der Waals surface area contributed by atoms with Crippen molar-refractivity contribution in [2.75, 3.05) is 13.7 Å². The minimum absolute atomic E-state index is 0.137. The third-order valence-electron chi connectivity index (χ3n) is 3.69. The summed E-state index contributed by atoms with van der Waals surface area (Å²) in [6.45, 7) is 3.91. The van der Waals surface area contributed by atoms with Crippen LogP contribution in [0.5, 0.6) is 17.2 Å². The lowest BCUT2D eigenvalue weighted by atomic mass is 9.73. The Morgan fingerprint density at radius 2 is 1.88 bits per heavy atom. The number of carbonyl (C=O) groups excluding carboxylic acids is 1. The molecule has 0 heterocycles. The van der Waals surface area contributed by atoms with E-state index in [1.165, 1.54) is 0 Å². The van der Waals surface area contributed by atoms with Gasteiger partial charge in [-0.1, -0.05) is 30.5 Å². The van der Waals surface area contributed by atoms with E-state index < -0.39 is 0 Å². The summed E-state index contributed by atoms with van der Waals surface area (Å²) in [4.78, 5) is 11.7. The molecule has 2 aromatic rings. The fourth-order valence-electron chi connectivity index (χ4n) is 2.41. The van der Waals surface area contributed by atoms with Gasteiger partial charge in [-0.3, -0.25) is 4.79 Å².